The molecule has 1 amide bonds. The first kappa shape index (κ1) is 14.0. The fraction of sp³-hybridized carbons (Fsp3) is 0.385. The molecule has 1 aromatic rings. The molecule has 0 saturated carbocycles. The summed E-state index contributed by atoms with van der Waals surface area (Å²) in [6.45, 7) is 6.25. The lowest BCUT2D eigenvalue weighted by Gasteiger charge is -2.22. The van der Waals surface area contributed by atoms with E-state index in [9.17, 15) is 4.79 Å². The SMILES string of the molecule is Cc1cc(C)c(N(C)CC(=O)N=C(N)N)c(C)c1. The Kier molecular flexibility index (Phi) is 4.31. The maximum Gasteiger partial charge on any atom is 0.268 e. The van der Waals surface area contributed by atoms with Gasteiger partial charge in [0.1, 0.15) is 0 Å². The van der Waals surface area contributed by atoms with Gasteiger partial charge in [0.2, 0.25) is 0 Å². The molecule has 0 aliphatic heterocycles. The first-order valence-electron chi connectivity index (χ1n) is 5.72. The highest BCUT2D eigenvalue weighted by molar-refractivity contribution is 5.93. The molecular weight excluding hydrogens is 228 g/mol. The number of nitrogens with two attached hydrogens (primary N) is 2. The van der Waals surface area contributed by atoms with Crippen LogP contribution in [0.25, 0.3) is 0 Å². The van der Waals surface area contributed by atoms with E-state index < -0.39 is 0 Å². The fourth-order valence-electron chi connectivity index (χ4n) is 2.24. The van der Waals surface area contributed by atoms with Crippen molar-refractivity contribution >= 4 is 17.6 Å². The molecule has 18 heavy (non-hydrogen) atoms. The van der Waals surface area contributed by atoms with Crippen molar-refractivity contribution in [2.75, 3.05) is 18.5 Å². The molecule has 0 saturated heterocycles. The Bertz CT molecular complexity index is 467. The second-order valence-electron chi connectivity index (χ2n) is 4.53. The van der Waals surface area contributed by atoms with Crippen LogP contribution in [0.4, 0.5) is 5.69 Å². The Hall–Kier alpha value is -2.04. The van der Waals surface area contributed by atoms with Gasteiger partial charge in [0.15, 0.2) is 5.96 Å². The quantitative estimate of drug-likeness (QED) is 0.613. The summed E-state index contributed by atoms with van der Waals surface area (Å²) in [5.74, 6) is -0.553. The van der Waals surface area contributed by atoms with Crippen LogP contribution < -0.4 is 16.4 Å². The van der Waals surface area contributed by atoms with Gasteiger partial charge in [-0.15, -0.1) is 0 Å². The molecule has 5 heteroatoms. The largest absolute Gasteiger partial charge is 0.370 e. The molecule has 4 N–H and O–H groups in total. The van der Waals surface area contributed by atoms with Gasteiger partial charge >= 0.3 is 0 Å². The van der Waals surface area contributed by atoms with Crippen molar-refractivity contribution in [2.45, 2.75) is 20.8 Å². The lowest BCUT2D eigenvalue weighted by molar-refractivity contribution is -0.116. The van der Waals surface area contributed by atoms with Crippen LogP contribution in [0.15, 0.2) is 17.1 Å². The molecule has 0 heterocycles. The molecule has 0 atom stereocenters. The third-order valence-corrected chi connectivity index (χ3v) is 2.64. The summed E-state index contributed by atoms with van der Waals surface area (Å²) in [6, 6.07) is 4.17. The Morgan fingerprint density at radius 2 is 1.72 bits per heavy atom. The summed E-state index contributed by atoms with van der Waals surface area (Å²) in [5, 5.41) is 0. The molecule has 0 unspecified atom stereocenters. The van der Waals surface area contributed by atoms with Crippen LogP contribution in [0.3, 0.4) is 0 Å². The summed E-state index contributed by atoms with van der Waals surface area (Å²) in [4.78, 5) is 16.9. The van der Waals surface area contributed by atoms with Crippen molar-refractivity contribution in [3.63, 3.8) is 0 Å². The fourth-order valence-corrected chi connectivity index (χ4v) is 2.24. The van der Waals surface area contributed by atoms with Crippen LogP contribution in [-0.4, -0.2) is 25.5 Å². The monoisotopic (exact) mass is 248 g/mol. The molecule has 0 aliphatic carbocycles. The molecule has 5 nitrogen and oxygen atoms in total. The van der Waals surface area contributed by atoms with Crippen LogP contribution in [0, 0.1) is 20.8 Å². The number of likely N-dealkylation sites (N-methyl/N-ethyl adjacent to an activating group) is 1. The van der Waals surface area contributed by atoms with Crippen molar-refractivity contribution in [2.24, 2.45) is 16.5 Å². The number of carbonyl (C=O) groups excluding carboxylic acids is 1. The zero-order valence-electron chi connectivity index (χ0n) is 11.3. The van der Waals surface area contributed by atoms with Gasteiger partial charge in [-0.1, -0.05) is 17.7 Å². The molecule has 0 fully saturated rings. The topological polar surface area (TPSA) is 84.7 Å². The van der Waals surface area contributed by atoms with Crippen LogP contribution in [0.1, 0.15) is 16.7 Å². The predicted molar refractivity (Wildman–Crippen MR) is 74.7 cm³/mol. The molecule has 98 valence electrons. The molecule has 0 spiro atoms. The third kappa shape index (κ3) is 3.48. The maximum absolute atomic E-state index is 11.5. The van der Waals surface area contributed by atoms with E-state index >= 15 is 0 Å². The van der Waals surface area contributed by atoms with E-state index in [1.54, 1.807) is 0 Å². The second-order valence-corrected chi connectivity index (χ2v) is 4.53. The van der Waals surface area contributed by atoms with Crippen LogP contribution in [-0.2, 0) is 4.79 Å². The van der Waals surface area contributed by atoms with Crippen LogP contribution in [0.2, 0.25) is 0 Å². The van der Waals surface area contributed by atoms with Crippen molar-refractivity contribution in [3.8, 4) is 0 Å². The van der Waals surface area contributed by atoms with Gasteiger partial charge in [0, 0.05) is 12.7 Å². The average molecular weight is 248 g/mol. The smallest absolute Gasteiger partial charge is 0.268 e. The lowest BCUT2D eigenvalue weighted by atomic mass is 10.0. The number of guanidine groups is 1. The van der Waals surface area contributed by atoms with Crippen LogP contribution >= 0.6 is 0 Å². The molecule has 0 bridgehead atoms. The number of hydrogen-bond acceptors (Lipinski definition) is 2. The summed E-state index contributed by atoms with van der Waals surface area (Å²) in [5.41, 5.74) is 14.9. The number of aryl methyl sites for hydroxylation is 3. The highest BCUT2D eigenvalue weighted by Gasteiger charge is 2.12. The van der Waals surface area contributed by atoms with E-state index in [2.05, 4.69) is 17.1 Å². The van der Waals surface area contributed by atoms with E-state index in [0.717, 1.165) is 16.8 Å². The zero-order valence-corrected chi connectivity index (χ0v) is 11.3. The van der Waals surface area contributed by atoms with E-state index in [1.807, 2.05) is 32.7 Å². The molecule has 1 aromatic carbocycles. The van der Waals surface area contributed by atoms with E-state index in [0.29, 0.717) is 0 Å². The number of nitrogens with zero attached hydrogens (tertiary/aromatic N) is 2. The minimum atomic E-state index is -0.350. The summed E-state index contributed by atoms with van der Waals surface area (Å²) in [6.07, 6.45) is 0. The normalized spacial score (nSPS) is 10.0. The first-order valence-corrected chi connectivity index (χ1v) is 5.72. The van der Waals surface area contributed by atoms with E-state index in [4.69, 9.17) is 11.5 Å². The number of amides is 1. The van der Waals surface area contributed by atoms with Crippen molar-refractivity contribution in [1.82, 2.24) is 0 Å². The predicted octanol–water partition coefficient (Wildman–Crippen LogP) is 0.848. The van der Waals surface area contributed by atoms with Gasteiger partial charge in [-0.25, -0.2) is 0 Å². The van der Waals surface area contributed by atoms with Crippen LogP contribution in [0.5, 0.6) is 0 Å². The summed E-state index contributed by atoms with van der Waals surface area (Å²) in [7, 11) is 1.85. The molecule has 0 radical (unpaired) electrons. The summed E-state index contributed by atoms with van der Waals surface area (Å²) >= 11 is 0. The number of anilines is 1. The second kappa shape index (κ2) is 5.53. The van der Waals surface area contributed by atoms with Gasteiger partial charge < -0.3 is 16.4 Å². The van der Waals surface area contributed by atoms with Crippen molar-refractivity contribution < 1.29 is 4.79 Å². The zero-order chi connectivity index (χ0) is 13.9. The van der Waals surface area contributed by atoms with E-state index in [-0.39, 0.29) is 18.4 Å². The Balaban J connectivity index is 2.95. The number of benzene rings is 1. The Labute approximate surface area is 107 Å². The molecule has 1 rings (SSSR count). The van der Waals surface area contributed by atoms with Gasteiger partial charge in [-0.2, -0.15) is 4.99 Å². The number of aliphatic imine (C=N–C) groups is 1. The first-order chi connectivity index (χ1) is 8.31. The average Bonchev–Trinajstić information content (AvgIpc) is 2.12. The minimum Gasteiger partial charge on any atom is -0.370 e. The molecule has 0 aromatic heterocycles. The number of carbonyl (C=O) groups is 1. The van der Waals surface area contributed by atoms with Crippen molar-refractivity contribution in [3.05, 3.63) is 28.8 Å². The Morgan fingerprint density at radius 1 is 1.22 bits per heavy atom. The lowest BCUT2D eigenvalue weighted by Crippen LogP contribution is -2.30. The van der Waals surface area contributed by atoms with Gasteiger partial charge in [-0.3, -0.25) is 4.79 Å². The molecular formula is C13H20N4O. The van der Waals surface area contributed by atoms with Gasteiger partial charge in [0.05, 0.1) is 6.54 Å². The van der Waals surface area contributed by atoms with Gasteiger partial charge in [0.25, 0.3) is 5.91 Å². The Morgan fingerprint density at radius 3 is 2.17 bits per heavy atom. The highest BCUT2D eigenvalue weighted by Crippen LogP contribution is 2.25. The standard InChI is InChI=1S/C13H20N4O/c1-8-5-9(2)12(10(3)6-8)17(4)7-11(18)16-13(14)15/h5-6H,7H2,1-4H3,(H4,14,15,16,18). The highest BCUT2D eigenvalue weighted by atomic mass is 16.1. The summed E-state index contributed by atoms with van der Waals surface area (Å²) < 4.78 is 0. The molecule has 0 aliphatic rings. The third-order valence-electron chi connectivity index (χ3n) is 2.64. The number of hydrogen-bond donors (Lipinski definition) is 2. The van der Waals surface area contributed by atoms with Crippen molar-refractivity contribution in [1.29, 1.82) is 0 Å². The maximum atomic E-state index is 11.5. The number of rotatable bonds is 3. The minimum absolute atomic E-state index is 0.155. The van der Waals surface area contributed by atoms with E-state index in [1.165, 1.54) is 5.56 Å². The van der Waals surface area contributed by atoms with Gasteiger partial charge in [-0.05, 0) is 31.9 Å².